The number of amides is 2. The molecule has 0 aliphatic carbocycles. The summed E-state index contributed by atoms with van der Waals surface area (Å²) in [5.74, 6) is 1.37. The van der Waals surface area contributed by atoms with E-state index < -0.39 is 32.4 Å². The Morgan fingerprint density at radius 1 is 1.00 bits per heavy atom. The lowest BCUT2D eigenvalue weighted by atomic mass is 9.91. The maximum Gasteiger partial charge on any atom is 0.417 e. The van der Waals surface area contributed by atoms with Crippen LogP contribution in [0.15, 0.2) is 60.7 Å². The van der Waals surface area contributed by atoms with E-state index in [4.69, 9.17) is 24.2 Å². The molecule has 0 radical (unpaired) electrons. The van der Waals surface area contributed by atoms with Gasteiger partial charge in [0.1, 0.15) is 21.9 Å². The Morgan fingerprint density at radius 2 is 1.67 bits per heavy atom. The molecule has 5 rings (SSSR count). The maximum absolute atomic E-state index is 13.6. The van der Waals surface area contributed by atoms with Crippen molar-refractivity contribution in [3.8, 4) is 17.1 Å². The molecule has 3 heterocycles. The van der Waals surface area contributed by atoms with Gasteiger partial charge in [-0.15, -0.1) is 0 Å². The molecular weight excluding hydrogens is 610 g/mol. The maximum atomic E-state index is 13.6. The monoisotopic (exact) mass is 651 g/mol. The highest BCUT2D eigenvalue weighted by atomic mass is 32.2. The fourth-order valence-electron chi connectivity index (χ4n) is 5.65. The highest BCUT2D eigenvalue weighted by Gasteiger charge is 2.48. The van der Waals surface area contributed by atoms with Crippen LogP contribution in [-0.2, 0) is 24.1 Å². The van der Waals surface area contributed by atoms with Gasteiger partial charge in [0, 0.05) is 43.2 Å². The highest BCUT2D eigenvalue weighted by Crippen LogP contribution is 2.41. The van der Waals surface area contributed by atoms with E-state index >= 15 is 0 Å². The number of carbonyl (C=O) groups is 2. The van der Waals surface area contributed by atoms with Crippen LogP contribution in [-0.4, -0.2) is 86.2 Å². The molecule has 2 aliphatic rings. The zero-order valence-corrected chi connectivity index (χ0v) is 27.7. The molecule has 0 bridgehead atoms. The van der Waals surface area contributed by atoms with Gasteiger partial charge in [-0.05, 0) is 76.9 Å². The molecule has 2 aliphatic heterocycles. The fourth-order valence-corrected chi connectivity index (χ4v) is 7.06. The van der Waals surface area contributed by atoms with Crippen molar-refractivity contribution in [3.05, 3.63) is 66.4 Å². The molecule has 0 unspecified atom stereocenters. The minimum absolute atomic E-state index is 0.00903. The second-order valence-electron chi connectivity index (χ2n) is 12.7. The van der Waals surface area contributed by atoms with Gasteiger partial charge in [-0.2, -0.15) is 0 Å². The first-order valence-electron chi connectivity index (χ1n) is 15.3. The molecule has 2 fully saturated rings. The van der Waals surface area contributed by atoms with Crippen LogP contribution in [0.5, 0.6) is 5.75 Å². The largest absolute Gasteiger partial charge is 0.444 e. The van der Waals surface area contributed by atoms with E-state index in [1.165, 1.54) is 6.26 Å². The molecule has 0 spiro atoms. The van der Waals surface area contributed by atoms with Crippen LogP contribution in [0.4, 0.5) is 21.1 Å². The van der Waals surface area contributed by atoms with Crippen LogP contribution < -0.4 is 15.0 Å². The molecule has 13 heteroatoms. The van der Waals surface area contributed by atoms with Gasteiger partial charge in [0.15, 0.2) is 15.7 Å². The van der Waals surface area contributed by atoms with Gasteiger partial charge in [-0.3, -0.25) is 5.32 Å². The summed E-state index contributed by atoms with van der Waals surface area (Å²) >= 11 is 0. The van der Waals surface area contributed by atoms with Crippen LogP contribution in [0.25, 0.3) is 11.4 Å². The number of hydrogen-bond donors (Lipinski definition) is 1. The summed E-state index contributed by atoms with van der Waals surface area (Å²) < 4.78 is 42.4. The van der Waals surface area contributed by atoms with Gasteiger partial charge < -0.3 is 24.0 Å². The lowest BCUT2D eigenvalue weighted by Gasteiger charge is -2.41. The van der Waals surface area contributed by atoms with Gasteiger partial charge in [-0.25, -0.2) is 28.0 Å². The smallest absolute Gasteiger partial charge is 0.417 e. The molecule has 2 amide bonds. The van der Waals surface area contributed by atoms with Crippen molar-refractivity contribution in [1.29, 1.82) is 0 Å². The van der Waals surface area contributed by atoms with Gasteiger partial charge >= 0.3 is 12.2 Å². The lowest BCUT2D eigenvalue weighted by Crippen LogP contribution is -2.50. The van der Waals surface area contributed by atoms with Crippen molar-refractivity contribution in [3.63, 3.8) is 0 Å². The zero-order chi connectivity index (χ0) is 33.1. The number of nitrogens with one attached hydrogen (secondary N) is 1. The van der Waals surface area contributed by atoms with E-state index in [1.807, 2.05) is 13.0 Å². The molecule has 1 atom stereocenters. The summed E-state index contributed by atoms with van der Waals surface area (Å²) in [5, 5.41) is 2.71. The number of morpholine rings is 1. The summed E-state index contributed by atoms with van der Waals surface area (Å²) in [4.78, 5) is 38.6. The Balaban J connectivity index is 1.47. The minimum atomic E-state index is -3.70. The van der Waals surface area contributed by atoms with Crippen molar-refractivity contribution >= 4 is 33.5 Å². The minimum Gasteiger partial charge on any atom is -0.444 e. The number of carbonyl (C=O) groups excluding carboxylic acids is 2. The number of nitrogens with zero attached hydrogens (tertiary/aromatic N) is 4. The summed E-state index contributed by atoms with van der Waals surface area (Å²) in [6.45, 7) is 9.43. The Bertz CT molecular complexity index is 1650. The Morgan fingerprint density at radius 3 is 2.28 bits per heavy atom. The molecule has 2 aromatic carbocycles. The number of hydrogen-bond acceptors (Lipinski definition) is 10. The van der Waals surface area contributed by atoms with Crippen molar-refractivity contribution in [2.24, 2.45) is 0 Å². The van der Waals surface area contributed by atoms with E-state index in [1.54, 1.807) is 80.3 Å². The highest BCUT2D eigenvalue weighted by molar-refractivity contribution is 7.91. The standard InChI is InChI=1S/C33H41N5O7S/c1-23-22-43-20-19-38(23)28-21-27(33(46(5,41)42)15-17-37(18-16-33)31(40)45-32(2,3)4)35-29(36-28)24-11-13-25(14-12-24)34-30(39)44-26-9-7-6-8-10-26/h6-14,21,23H,15-20,22H2,1-5H3,(H,34,39)/t23-/m0/s1. The average Bonchev–Trinajstić information content (AvgIpc) is 3.00. The number of aromatic nitrogens is 2. The van der Waals surface area contributed by atoms with E-state index in [9.17, 15) is 18.0 Å². The average molecular weight is 652 g/mol. The Hall–Kier alpha value is -4.23. The number of rotatable bonds is 6. The number of sulfone groups is 1. The van der Waals surface area contributed by atoms with Crippen molar-refractivity contribution in [1.82, 2.24) is 14.9 Å². The molecule has 12 nitrogen and oxygen atoms in total. The van der Waals surface area contributed by atoms with Gasteiger partial charge in [0.05, 0.1) is 24.9 Å². The first kappa shape index (κ1) is 33.1. The third kappa shape index (κ3) is 7.59. The van der Waals surface area contributed by atoms with Crippen molar-refractivity contribution in [2.45, 2.75) is 56.9 Å². The molecule has 1 N–H and O–H groups in total. The summed E-state index contributed by atoms with van der Waals surface area (Å²) in [5.41, 5.74) is 0.859. The third-order valence-electron chi connectivity index (χ3n) is 8.12. The first-order valence-corrected chi connectivity index (χ1v) is 17.2. The Kier molecular flexibility index (Phi) is 9.54. The zero-order valence-electron chi connectivity index (χ0n) is 26.9. The molecule has 0 saturated carbocycles. The predicted octanol–water partition coefficient (Wildman–Crippen LogP) is 5.25. The van der Waals surface area contributed by atoms with Gasteiger partial charge in [0.25, 0.3) is 0 Å². The van der Waals surface area contributed by atoms with Crippen LogP contribution in [0.2, 0.25) is 0 Å². The summed E-state index contributed by atoms with van der Waals surface area (Å²) in [6.07, 6.45) is 0.442. The number of benzene rings is 2. The molecular formula is C33H41N5O7S. The predicted molar refractivity (Wildman–Crippen MR) is 175 cm³/mol. The number of piperidine rings is 1. The molecule has 2 saturated heterocycles. The van der Waals surface area contributed by atoms with Gasteiger partial charge in [-0.1, -0.05) is 18.2 Å². The van der Waals surface area contributed by atoms with Crippen molar-refractivity contribution < 1.29 is 32.2 Å². The topological polar surface area (TPSA) is 140 Å². The molecule has 3 aromatic rings. The molecule has 1 aromatic heterocycles. The van der Waals surface area contributed by atoms with E-state index in [0.717, 1.165) is 0 Å². The van der Waals surface area contributed by atoms with Crippen LogP contribution in [0, 0.1) is 0 Å². The van der Waals surface area contributed by atoms with Crippen LogP contribution in [0.1, 0.15) is 46.2 Å². The number of anilines is 2. The number of para-hydroxylation sites is 1. The van der Waals surface area contributed by atoms with Crippen LogP contribution in [0.3, 0.4) is 0 Å². The summed E-state index contributed by atoms with van der Waals surface area (Å²) in [6, 6.07) is 17.5. The third-order valence-corrected chi connectivity index (χ3v) is 10.2. The first-order chi connectivity index (χ1) is 21.7. The normalized spacial score (nSPS) is 18.5. The Labute approximate surface area is 270 Å². The van der Waals surface area contributed by atoms with E-state index in [0.29, 0.717) is 54.1 Å². The number of likely N-dealkylation sites (tertiary alicyclic amines) is 1. The number of ether oxygens (including phenoxy) is 3. The summed E-state index contributed by atoms with van der Waals surface area (Å²) in [7, 11) is -3.70. The van der Waals surface area contributed by atoms with E-state index in [2.05, 4.69) is 10.2 Å². The fraction of sp³-hybridized carbons (Fsp3) is 0.455. The van der Waals surface area contributed by atoms with Crippen molar-refractivity contribution in [2.75, 3.05) is 49.3 Å². The van der Waals surface area contributed by atoms with Crippen LogP contribution >= 0.6 is 0 Å². The molecule has 46 heavy (non-hydrogen) atoms. The SMILES string of the molecule is C[C@H]1COCCN1c1cc(C2(S(C)(=O)=O)CCN(C(=O)OC(C)(C)C)CC2)nc(-c2ccc(NC(=O)Oc3ccccc3)cc2)n1. The van der Waals surface area contributed by atoms with Gasteiger partial charge in [0.2, 0.25) is 0 Å². The second kappa shape index (κ2) is 13.2. The van der Waals surface area contributed by atoms with E-state index in [-0.39, 0.29) is 32.0 Å². The quantitative estimate of drug-likeness (QED) is 0.376. The lowest BCUT2D eigenvalue weighted by molar-refractivity contribution is 0.0191. The second-order valence-corrected chi connectivity index (χ2v) is 15.0. The molecule has 246 valence electrons.